The van der Waals surface area contributed by atoms with Gasteiger partial charge in [0.2, 0.25) is 11.8 Å². The molecule has 0 saturated heterocycles. The molecule has 0 aliphatic carbocycles. The molecule has 2 amide bonds. The minimum absolute atomic E-state index is 0.0441. The molecule has 0 saturated carbocycles. The normalized spacial score (nSPS) is 15.0. The zero-order valence-electron chi connectivity index (χ0n) is 24.8. The van der Waals surface area contributed by atoms with Crippen molar-refractivity contribution in [3.05, 3.63) is 96.2 Å². The van der Waals surface area contributed by atoms with Crippen LogP contribution in [0, 0.1) is 6.92 Å². The number of nitrogens with zero attached hydrogens (tertiary/aromatic N) is 7. The van der Waals surface area contributed by atoms with Gasteiger partial charge in [0.25, 0.3) is 10.0 Å². The second-order valence-electron chi connectivity index (χ2n) is 10.3. The monoisotopic (exact) mass is 629 g/mol. The third-order valence-corrected chi connectivity index (χ3v) is 9.02. The van der Waals surface area contributed by atoms with Gasteiger partial charge in [0.05, 0.1) is 22.0 Å². The van der Waals surface area contributed by atoms with Crippen LogP contribution < -0.4 is 4.90 Å². The lowest BCUT2D eigenvalue weighted by Gasteiger charge is -2.20. The number of sulfonamides is 1. The van der Waals surface area contributed by atoms with Crippen molar-refractivity contribution in [1.82, 2.24) is 19.7 Å². The molecule has 5 rings (SSSR count). The molecular weight excluding hydrogens is 599 g/mol. The highest BCUT2D eigenvalue weighted by Crippen LogP contribution is 2.44. The first-order chi connectivity index (χ1) is 20.9. The zero-order valence-corrected chi connectivity index (χ0v) is 26.5. The maximum absolute atomic E-state index is 12.9. The fourth-order valence-electron chi connectivity index (χ4n) is 4.48. The average Bonchev–Trinajstić information content (AvgIpc) is 3.63. The lowest BCUT2D eigenvalue weighted by atomic mass is 10.1. The summed E-state index contributed by atoms with van der Waals surface area (Å²) < 4.78 is 30.6. The summed E-state index contributed by atoms with van der Waals surface area (Å²) in [6, 6.07) is 23.3. The number of hydrogen-bond donors (Lipinski definition) is 0. The molecular formula is C31H31N7O4S2. The molecule has 1 aromatic heterocycles. The van der Waals surface area contributed by atoms with Crippen LogP contribution in [-0.4, -0.2) is 65.5 Å². The largest absolute Gasteiger partial charge is 0.368 e. The van der Waals surface area contributed by atoms with Crippen LogP contribution in [0.3, 0.4) is 0 Å². The van der Waals surface area contributed by atoms with Gasteiger partial charge in [-0.25, -0.2) is 9.69 Å². The summed E-state index contributed by atoms with van der Waals surface area (Å²) in [4.78, 5) is 28.8. The second-order valence-corrected chi connectivity index (χ2v) is 13.0. The Balaban J connectivity index is 1.55. The molecule has 1 unspecified atom stereocenters. The summed E-state index contributed by atoms with van der Waals surface area (Å²) in [6.45, 7) is 4.84. The van der Waals surface area contributed by atoms with Gasteiger partial charge < -0.3 is 4.90 Å². The number of amidine groups is 1. The number of rotatable bonds is 7. The number of aryl methyl sites for hydroxylation is 1. The average molecular weight is 630 g/mol. The van der Waals surface area contributed by atoms with E-state index in [1.165, 1.54) is 54.0 Å². The Kier molecular flexibility index (Phi) is 8.70. The molecule has 0 fully saturated rings. The quantitative estimate of drug-likeness (QED) is 0.207. The lowest BCUT2D eigenvalue weighted by Crippen LogP contribution is -2.32. The first-order valence-corrected chi connectivity index (χ1v) is 15.9. The van der Waals surface area contributed by atoms with Crippen molar-refractivity contribution in [2.24, 2.45) is 9.50 Å². The number of carbonyl (C=O) groups is 2. The maximum atomic E-state index is 12.9. The van der Waals surface area contributed by atoms with Gasteiger partial charge in [-0.1, -0.05) is 59.8 Å². The van der Waals surface area contributed by atoms with Crippen LogP contribution in [0.25, 0.3) is 16.9 Å². The Labute approximate surface area is 260 Å². The highest BCUT2D eigenvalue weighted by Gasteiger charge is 2.38. The van der Waals surface area contributed by atoms with Gasteiger partial charge >= 0.3 is 0 Å². The van der Waals surface area contributed by atoms with E-state index in [0.717, 1.165) is 11.1 Å². The Bertz CT molecular complexity index is 1850. The molecule has 4 aromatic rings. The number of carbonyl (C=O) groups excluding carboxylic acids is 2. The van der Waals surface area contributed by atoms with Crippen molar-refractivity contribution < 1.29 is 18.0 Å². The number of anilines is 1. The van der Waals surface area contributed by atoms with Crippen LogP contribution in [0.4, 0.5) is 5.69 Å². The molecule has 1 aliphatic rings. The zero-order chi connectivity index (χ0) is 31.6. The SMILES string of the molecule is CC(=O)N(C1=NN(C(C)=O)C(c2cn(-c3ccc(S(=O)(=O)/N=C/N(C)C)cc3)nc2-c2ccccc2)S1)c1ccc(C)cc1. The highest BCUT2D eigenvalue weighted by atomic mass is 32.2. The van der Waals surface area contributed by atoms with Gasteiger partial charge in [-0.05, 0) is 43.3 Å². The summed E-state index contributed by atoms with van der Waals surface area (Å²) in [7, 11) is -0.501. The number of hydrogen-bond acceptors (Lipinski definition) is 7. The first kappa shape index (κ1) is 30.7. The van der Waals surface area contributed by atoms with Crippen molar-refractivity contribution in [1.29, 1.82) is 0 Å². The van der Waals surface area contributed by atoms with Gasteiger partial charge in [-0.15, -0.1) is 9.50 Å². The van der Waals surface area contributed by atoms with Crippen molar-refractivity contribution in [2.45, 2.75) is 31.0 Å². The van der Waals surface area contributed by atoms with Gasteiger partial charge in [0.1, 0.15) is 11.7 Å². The van der Waals surface area contributed by atoms with Gasteiger partial charge in [-0.3, -0.25) is 14.5 Å². The van der Waals surface area contributed by atoms with E-state index in [-0.39, 0.29) is 16.7 Å². The molecule has 1 atom stereocenters. The van der Waals surface area contributed by atoms with Gasteiger partial charge in [0, 0.05) is 45.3 Å². The fourth-order valence-corrected chi connectivity index (χ4v) is 6.66. The van der Waals surface area contributed by atoms with Crippen molar-refractivity contribution in [3.63, 3.8) is 0 Å². The molecule has 11 nitrogen and oxygen atoms in total. The molecule has 1 aliphatic heterocycles. The molecule has 0 N–H and O–H groups in total. The van der Waals surface area contributed by atoms with E-state index < -0.39 is 15.4 Å². The molecule has 0 spiro atoms. The van der Waals surface area contributed by atoms with Crippen LogP contribution in [0.5, 0.6) is 0 Å². The van der Waals surface area contributed by atoms with Crippen LogP contribution in [0.1, 0.15) is 30.3 Å². The number of aromatic nitrogens is 2. The summed E-state index contributed by atoms with van der Waals surface area (Å²) in [5, 5.41) is 10.6. The molecule has 0 bridgehead atoms. The van der Waals surface area contributed by atoms with E-state index in [0.29, 0.717) is 27.8 Å². The number of amides is 2. The van der Waals surface area contributed by atoms with Crippen LogP contribution >= 0.6 is 11.8 Å². The summed E-state index contributed by atoms with van der Waals surface area (Å²) in [5.74, 6) is -0.544. The van der Waals surface area contributed by atoms with Crippen molar-refractivity contribution >= 4 is 50.8 Å². The first-order valence-electron chi connectivity index (χ1n) is 13.6. The third kappa shape index (κ3) is 6.43. The van der Waals surface area contributed by atoms with Crippen molar-refractivity contribution in [2.75, 3.05) is 19.0 Å². The summed E-state index contributed by atoms with van der Waals surface area (Å²) in [6.07, 6.45) is 3.03. The summed E-state index contributed by atoms with van der Waals surface area (Å²) in [5.41, 5.74) is 4.42. The summed E-state index contributed by atoms with van der Waals surface area (Å²) >= 11 is 1.27. The van der Waals surface area contributed by atoms with Crippen LogP contribution in [-0.2, 0) is 19.6 Å². The Morgan fingerprint density at radius 3 is 2.20 bits per heavy atom. The fraction of sp³-hybridized carbons (Fsp3) is 0.194. The molecule has 44 heavy (non-hydrogen) atoms. The second kappa shape index (κ2) is 12.5. The molecule has 13 heteroatoms. The predicted octanol–water partition coefficient (Wildman–Crippen LogP) is 5.04. The van der Waals surface area contributed by atoms with E-state index in [9.17, 15) is 18.0 Å². The number of benzene rings is 3. The van der Waals surface area contributed by atoms with Crippen LogP contribution in [0.2, 0.25) is 0 Å². The molecule has 0 radical (unpaired) electrons. The van der Waals surface area contributed by atoms with E-state index in [4.69, 9.17) is 5.10 Å². The van der Waals surface area contributed by atoms with Gasteiger partial charge in [-0.2, -0.15) is 13.5 Å². The topological polar surface area (TPSA) is 121 Å². The minimum Gasteiger partial charge on any atom is -0.368 e. The van der Waals surface area contributed by atoms with Gasteiger partial charge in [0.15, 0.2) is 5.17 Å². The highest BCUT2D eigenvalue weighted by molar-refractivity contribution is 8.14. The van der Waals surface area contributed by atoms with E-state index in [2.05, 4.69) is 9.50 Å². The molecule has 3 aromatic carbocycles. The molecule has 2 heterocycles. The van der Waals surface area contributed by atoms with E-state index in [1.807, 2.05) is 61.5 Å². The Hall–Kier alpha value is -4.75. The number of thioether (sulfide) groups is 1. The number of hydrazone groups is 1. The van der Waals surface area contributed by atoms with E-state index >= 15 is 0 Å². The third-order valence-electron chi connectivity index (χ3n) is 6.63. The Morgan fingerprint density at radius 1 is 0.955 bits per heavy atom. The van der Waals surface area contributed by atoms with Crippen LogP contribution in [0.15, 0.2) is 99.5 Å². The Morgan fingerprint density at radius 2 is 1.61 bits per heavy atom. The molecule has 226 valence electrons. The minimum atomic E-state index is -3.87. The maximum Gasteiger partial charge on any atom is 0.283 e. The van der Waals surface area contributed by atoms with Crippen molar-refractivity contribution in [3.8, 4) is 16.9 Å². The standard InChI is InChI=1S/C31H31N7O4S2/c1-21-11-13-26(14-12-21)37(22(2)39)31-34-38(23(3)40)30(43-31)28-19-36(33-29(28)24-9-7-6-8-10-24)25-15-17-27(18-16-25)44(41,42)32-20-35(4)5/h6-20,30H,1-5H3/b32-20+. The lowest BCUT2D eigenvalue weighted by molar-refractivity contribution is -0.129. The predicted molar refractivity (Wildman–Crippen MR) is 173 cm³/mol. The van der Waals surface area contributed by atoms with E-state index in [1.54, 1.807) is 42.0 Å². The smallest absolute Gasteiger partial charge is 0.283 e.